The largest absolute Gasteiger partial charge is 0.380 e. The molecule has 176 valence electrons. The first-order chi connectivity index (χ1) is 16.6. The van der Waals surface area contributed by atoms with Crippen molar-refractivity contribution in [3.8, 4) is 5.69 Å². The Bertz CT molecular complexity index is 1240. The number of hydrogen-bond donors (Lipinski definition) is 0. The van der Waals surface area contributed by atoms with E-state index in [4.69, 9.17) is 16.3 Å². The number of benzene rings is 1. The number of ether oxygens (including phenoxy) is 1. The topological polar surface area (TPSA) is 62.6 Å². The Hall–Kier alpha value is -2.68. The summed E-state index contributed by atoms with van der Waals surface area (Å²) in [6.07, 6.45) is 2.96. The second-order valence-electron chi connectivity index (χ2n) is 10.4. The van der Waals surface area contributed by atoms with Crippen LogP contribution in [0.5, 0.6) is 0 Å². The minimum Gasteiger partial charge on any atom is -0.380 e. The number of halogens is 1. The molecule has 1 aromatic carbocycles. The van der Waals surface area contributed by atoms with Gasteiger partial charge < -0.3 is 14.5 Å². The highest BCUT2D eigenvalue weighted by atomic mass is 35.5. The molecule has 1 spiro atoms. The fraction of sp³-hybridized carbons (Fsp3) is 0.480. The zero-order chi connectivity index (χ0) is 22.9. The Morgan fingerprint density at radius 2 is 1.88 bits per heavy atom. The number of aryl methyl sites for hydroxylation is 1. The second-order valence-corrected chi connectivity index (χ2v) is 10.8. The molecule has 0 radical (unpaired) electrons. The quantitative estimate of drug-likeness (QED) is 0.574. The molecule has 3 fully saturated rings. The fourth-order valence-electron chi connectivity index (χ4n) is 6.01. The summed E-state index contributed by atoms with van der Waals surface area (Å²) in [7, 11) is 0. The number of pyridine rings is 1. The first-order valence-electron chi connectivity index (χ1n) is 12.0. The van der Waals surface area contributed by atoms with Crippen molar-refractivity contribution in [1.29, 1.82) is 0 Å². The summed E-state index contributed by atoms with van der Waals surface area (Å²) in [6.45, 7) is 9.41. The monoisotopic (exact) mass is 477 g/mol. The molecule has 0 aliphatic carbocycles. The lowest BCUT2D eigenvalue weighted by Crippen LogP contribution is -2.73. The van der Waals surface area contributed by atoms with E-state index in [-0.39, 0.29) is 0 Å². The van der Waals surface area contributed by atoms with Crippen LogP contribution >= 0.6 is 11.6 Å². The summed E-state index contributed by atoms with van der Waals surface area (Å²) in [4.78, 5) is 11.8. The number of anilines is 2. The highest BCUT2D eigenvalue weighted by molar-refractivity contribution is 6.30. The zero-order valence-electron chi connectivity index (χ0n) is 19.3. The van der Waals surface area contributed by atoms with Crippen LogP contribution in [0, 0.1) is 12.3 Å². The van der Waals surface area contributed by atoms with Gasteiger partial charge in [0.1, 0.15) is 5.82 Å². The van der Waals surface area contributed by atoms with Crippen LogP contribution in [0.3, 0.4) is 0 Å². The number of hydrogen-bond acceptors (Lipinski definition) is 7. The molecule has 8 nitrogen and oxygen atoms in total. The van der Waals surface area contributed by atoms with Crippen molar-refractivity contribution < 1.29 is 4.74 Å². The molecule has 7 rings (SSSR count). The lowest BCUT2D eigenvalue weighted by Gasteiger charge is -2.60. The van der Waals surface area contributed by atoms with E-state index in [1.807, 2.05) is 18.3 Å². The third-order valence-electron chi connectivity index (χ3n) is 7.75. The summed E-state index contributed by atoms with van der Waals surface area (Å²) in [5, 5.41) is 10.1. The smallest absolute Gasteiger partial charge is 0.231 e. The third-order valence-corrected chi connectivity index (χ3v) is 7.98. The average molecular weight is 478 g/mol. The van der Waals surface area contributed by atoms with Crippen molar-refractivity contribution in [2.75, 3.05) is 49.2 Å². The molecular weight excluding hydrogens is 450 g/mol. The van der Waals surface area contributed by atoms with Crippen LogP contribution in [0.15, 0.2) is 36.5 Å². The average Bonchev–Trinajstić information content (AvgIpc) is 3.40. The third kappa shape index (κ3) is 3.31. The zero-order valence-corrected chi connectivity index (χ0v) is 20.1. The fourth-order valence-corrected chi connectivity index (χ4v) is 6.20. The van der Waals surface area contributed by atoms with Crippen molar-refractivity contribution in [2.45, 2.75) is 32.5 Å². The molecule has 0 amide bonds. The lowest BCUT2D eigenvalue weighted by atomic mass is 9.73. The Kier molecular flexibility index (Phi) is 4.66. The molecule has 3 aromatic rings. The number of aromatic nitrogens is 4. The van der Waals surface area contributed by atoms with E-state index in [2.05, 4.69) is 59.6 Å². The van der Waals surface area contributed by atoms with E-state index in [0.29, 0.717) is 11.5 Å². The van der Waals surface area contributed by atoms with Gasteiger partial charge in [-0.3, -0.25) is 9.47 Å². The van der Waals surface area contributed by atoms with Crippen LogP contribution in [-0.4, -0.2) is 70.1 Å². The minimum absolute atomic E-state index is 0.318. The van der Waals surface area contributed by atoms with Gasteiger partial charge in [-0.2, -0.15) is 0 Å². The van der Waals surface area contributed by atoms with Gasteiger partial charge in [-0.25, -0.2) is 4.98 Å². The second kappa shape index (κ2) is 7.66. The lowest BCUT2D eigenvalue weighted by molar-refractivity contribution is 0.133. The maximum atomic E-state index is 6.41. The molecule has 0 saturated carbocycles. The molecule has 1 atom stereocenters. The molecule has 0 N–H and O–H groups in total. The van der Waals surface area contributed by atoms with Gasteiger partial charge in [0, 0.05) is 62.0 Å². The molecule has 2 aromatic heterocycles. The van der Waals surface area contributed by atoms with Crippen LogP contribution in [0.1, 0.15) is 23.4 Å². The van der Waals surface area contributed by atoms with Crippen molar-refractivity contribution in [2.24, 2.45) is 5.41 Å². The highest BCUT2D eigenvalue weighted by Crippen LogP contribution is 2.44. The van der Waals surface area contributed by atoms with Crippen molar-refractivity contribution in [3.05, 3.63) is 58.5 Å². The van der Waals surface area contributed by atoms with Gasteiger partial charge in [-0.05, 0) is 54.8 Å². The molecule has 0 bridgehead atoms. The maximum Gasteiger partial charge on any atom is 0.231 e. The predicted octanol–water partition coefficient (Wildman–Crippen LogP) is 3.06. The highest BCUT2D eigenvalue weighted by Gasteiger charge is 2.53. The number of rotatable bonds is 3. The molecule has 4 aliphatic rings. The SMILES string of the molecule is Cc1ccnc(N2CC3(C2)CN(c2nnc4n2-c2ccc(Cl)cc2CN([C@H]2CCOC2)C4)C3)c1. The Balaban J connectivity index is 1.14. The van der Waals surface area contributed by atoms with E-state index in [1.165, 1.54) is 11.1 Å². The van der Waals surface area contributed by atoms with Gasteiger partial charge in [0.05, 0.1) is 18.8 Å². The molecule has 4 aliphatic heterocycles. The van der Waals surface area contributed by atoms with Gasteiger partial charge in [0.15, 0.2) is 5.82 Å². The molecule has 34 heavy (non-hydrogen) atoms. The van der Waals surface area contributed by atoms with Crippen LogP contribution in [0.4, 0.5) is 11.8 Å². The van der Waals surface area contributed by atoms with E-state index in [1.54, 1.807) is 0 Å². The summed E-state index contributed by atoms with van der Waals surface area (Å²) in [5.74, 6) is 3.02. The minimum atomic E-state index is 0.318. The van der Waals surface area contributed by atoms with E-state index >= 15 is 0 Å². The van der Waals surface area contributed by atoms with Gasteiger partial charge in [0.2, 0.25) is 5.95 Å². The van der Waals surface area contributed by atoms with Crippen LogP contribution in [0.25, 0.3) is 5.69 Å². The molecule has 6 heterocycles. The Morgan fingerprint density at radius 1 is 1.03 bits per heavy atom. The molecule has 3 saturated heterocycles. The van der Waals surface area contributed by atoms with E-state index < -0.39 is 0 Å². The molecular formula is C25H28ClN7O. The predicted molar refractivity (Wildman–Crippen MR) is 131 cm³/mol. The molecule has 9 heteroatoms. The van der Waals surface area contributed by atoms with Gasteiger partial charge >= 0.3 is 0 Å². The van der Waals surface area contributed by atoms with Crippen molar-refractivity contribution >= 4 is 23.4 Å². The maximum absolute atomic E-state index is 6.41. The summed E-state index contributed by atoms with van der Waals surface area (Å²) in [5.41, 5.74) is 3.93. The molecule has 0 unspecified atom stereocenters. The van der Waals surface area contributed by atoms with Crippen LogP contribution in [0.2, 0.25) is 5.02 Å². The van der Waals surface area contributed by atoms with E-state index in [9.17, 15) is 0 Å². The standard InChI is InChI=1S/C25H28ClN7O/c1-17-4-6-27-22(8-17)31-13-25(14-31)15-32(16-25)24-29-28-23-11-30(20-5-7-34-12-20)10-18-9-19(26)2-3-21(18)33(23)24/h2-4,6,8-9,20H,5,7,10-16H2,1H3/t20-/m0/s1. The first-order valence-corrected chi connectivity index (χ1v) is 12.4. The Morgan fingerprint density at radius 3 is 2.68 bits per heavy atom. The van der Waals surface area contributed by atoms with E-state index in [0.717, 1.165) is 87.2 Å². The van der Waals surface area contributed by atoms with Crippen LogP contribution in [-0.2, 0) is 17.8 Å². The number of fused-ring (bicyclic) bond motifs is 3. The summed E-state index contributed by atoms with van der Waals surface area (Å²) in [6, 6.07) is 10.8. The van der Waals surface area contributed by atoms with Gasteiger partial charge in [-0.15, -0.1) is 10.2 Å². The van der Waals surface area contributed by atoms with Crippen LogP contribution < -0.4 is 9.80 Å². The van der Waals surface area contributed by atoms with Crippen molar-refractivity contribution in [3.63, 3.8) is 0 Å². The Labute approximate surface area is 204 Å². The normalized spacial score (nSPS) is 23.3. The summed E-state index contributed by atoms with van der Waals surface area (Å²) < 4.78 is 7.94. The first kappa shape index (κ1) is 20.7. The van der Waals surface area contributed by atoms with Crippen molar-refractivity contribution in [1.82, 2.24) is 24.6 Å². The van der Waals surface area contributed by atoms with Gasteiger partial charge in [0.25, 0.3) is 0 Å². The van der Waals surface area contributed by atoms with Gasteiger partial charge in [-0.1, -0.05) is 11.6 Å². The summed E-state index contributed by atoms with van der Waals surface area (Å²) >= 11 is 6.41. The number of nitrogens with zero attached hydrogens (tertiary/aromatic N) is 7.